The van der Waals surface area contributed by atoms with Gasteiger partial charge in [-0.1, -0.05) is 0 Å². The van der Waals surface area contributed by atoms with E-state index in [1.54, 1.807) is 0 Å². The van der Waals surface area contributed by atoms with E-state index in [1.165, 1.54) is 0 Å². The second kappa shape index (κ2) is 4.82. The van der Waals surface area contributed by atoms with E-state index in [0.717, 1.165) is 31.0 Å². The summed E-state index contributed by atoms with van der Waals surface area (Å²) in [7, 11) is 0. The maximum absolute atomic E-state index is 13.0. The zero-order valence-electron chi connectivity index (χ0n) is 8.80. The minimum absolute atomic E-state index is 0. The molecule has 1 saturated carbocycles. The van der Waals surface area contributed by atoms with Crippen molar-refractivity contribution in [2.45, 2.75) is 25.1 Å². The molecule has 1 aromatic rings. The Morgan fingerprint density at radius 2 is 1.82 bits per heavy atom. The van der Waals surface area contributed by atoms with Gasteiger partial charge in [0.15, 0.2) is 0 Å². The SMILES string of the molecule is Cl.NC(c1cc(F)ccc1C(F)(F)F)C1CC1. The molecule has 6 heteroatoms. The fourth-order valence-corrected chi connectivity index (χ4v) is 1.78. The van der Waals surface area contributed by atoms with Crippen molar-refractivity contribution in [3.8, 4) is 0 Å². The van der Waals surface area contributed by atoms with E-state index in [-0.39, 0.29) is 23.9 Å². The van der Waals surface area contributed by atoms with Gasteiger partial charge in [-0.25, -0.2) is 4.39 Å². The van der Waals surface area contributed by atoms with Crippen molar-refractivity contribution in [1.29, 1.82) is 0 Å². The minimum atomic E-state index is -4.48. The van der Waals surface area contributed by atoms with Crippen molar-refractivity contribution in [2.75, 3.05) is 0 Å². The van der Waals surface area contributed by atoms with Crippen molar-refractivity contribution in [2.24, 2.45) is 11.7 Å². The second-order valence-corrected chi connectivity index (χ2v) is 4.09. The summed E-state index contributed by atoms with van der Waals surface area (Å²) < 4.78 is 50.9. The lowest BCUT2D eigenvalue weighted by molar-refractivity contribution is -0.138. The van der Waals surface area contributed by atoms with Crippen LogP contribution in [0.15, 0.2) is 18.2 Å². The Hall–Kier alpha value is -0.810. The summed E-state index contributed by atoms with van der Waals surface area (Å²) in [6.45, 7) is 0. The highest BCUT2D eigenvalue weighted by molar-refractivity contribution is 5.85. The summed E-state index contributed by atoms with van der Waals surface area (Å²) in [6.07, 6.45) is -2.85. The first-order chi connectivity index (χ1) is 7.39. The van der Waals surface area contributed by atoms with Crippen LogP contribution in [-0.4, -0.2) is 0 Å². The van der Waals surface area contributed by atoms with E-state index >= 15 is 0 Å². The summed E-state index contributed by atoms with van der Waals surface area (Å²) in [5, 5.41) is 0. The number of benzene rings is 1. The van der Waals surface area contributed by atoms with Gasteiger partial charge in [-0.05, 0) is 42.5 Å². The van der Waals surface area contributed by atoms with Crippen LogP contribution < -0.4 is 5.73 Å². The number of halogens is 5. The van der Waals surface area contributed by atoms with Gasteiger partial charge in [0.1, 0.15) is 5.82 Å². The van der Waals surface area contributed by atoms with Gasteiger partial charge in [-0.2, -0.15) is 13.2 Å². The third kappa shape index (κ3) is 3.10. The zero-order chi connectivity index (χ0) is 11.9. The van der Waals surface area contributed by atoms with E-state index in [1.807, 2.05) is 0 Å². The van der Waals surface area contributed by atoms with Crippen molar-refractivity contribution in [3.63, 3.8) is 0 Å². The molecule has 0 aliphatic heterocycles. The molecular formula is C11H12ClF4N. The highest BCUT2D eigenvalue weighted by Crippen LogP contribution is 2.43. The van der Waals surface area contributed by atoms with Gasteiger partial charge < -0.3 is 5.73 Å². The molecule has 96 valence electrons. The van der Waals surface area contributed by atoms with Gasteiger partial charge in [0.05, 0.1) is 5.56 Å². The molecule has 0 bridgehead atoms. The molecule has 1 unspecified atom stereocenters. The third-order valence-corrected chi connectivity index (χ3v) is 2.81. The summed E-state index contributed by atoms with van der Waals surface area (Å²) in [5.41, 5.74) is 4.74. The molecule has 0 amide bonds. The molecular weight excluding hydrogens is 258 g/mol. The van der Waals surface area contributed by atoms with Crippen LogP contribution in [0.25, 0.3) is 0 Å². The van der Waals surface area contributed by atoms with Crippen molar-refractivity contribution < 1.29 is 17.6 Å². The third-order valence-electron chi connectivity index (χ3n) is 2.81. The van der Waals surface area contributed by atoms with Gasteiger partial charge in [0, 0.05) is 6.04 Å². The second-order valence-electron chi connectivity index (χ2n) is 4.09. The predicted octanol–water partition coefficient (Wildman–Crippen LogP) is 3.68. The molecule has 0 aromatic heterocycles. The molecule has 1 aliphatic carbocycles. The quantitative estimate of drug-likeness (QED) is 0.815. The Morgan fingerprint density at radius 1 is 1.24 bits per heavy atom. The average Bonchev–Trinajstić information content (AvgIpc) is 2.97. The molecule has 1 nitrogen and oxygen atoms in total. The van der Waals surface area contributed by atoms with Crippen LogP contribution in [0.4, 0.5) is 17.6 Å². The summed E-state index contributed by atoms with van der Waals surface area (Å²) in [6, 6.07) is 1.75. The summed E-state index contributed by atoms with van der Waals surface area (Å²) >= 11 is 0. The predicted molar refractivity (Wildman–Crippen MR) is 58.3 cm³/mol. The Labute approximate surface area is 102 Å². The molecule has 0 spiro atoms. The average molecular weight is 270 g/mol. The lowest BCUT2D eigenvalue weighted by Gasteiger charge is -2.17. The van der Waals surface area contributed by atoms with Gasteiger partial charge in [0.2, 0.25) is 0 Å². The molecule has 1 aromatic carbocycles. The molecule has 1 fully saturated rings. The first kappa shape index (κ1) is 14.3. The smallest absolute Gasteiger partial charge is 0.324 e. The molecule has 2 rings (SSSR count). The standard InChI is InChI=1S/C11H11F4N.ClH/c12-7-3-4-9(11(13,14)15)8(5-7)10(16)6-1-2-6;/h3-6,10H,1-2,16H2;1H. The number of alkyl halides is 3. The molecule has 0 saturated heterocycles. The van der Waals surface area contributed by atoms with Crippen LogP contribution in [0, 0.1) is 11.7 Å². The van der Waals surface area contributed by atoms with Gasteiger partial charge in [0.25, 0.3) is 0 Å². The van der Waals surface area contributed by atoms with Gasteiger partial charge >= 0.3 is 6.18 Å². The van der Waals surface area contributed by atoms with Crippen LogP contribution in [0.2, 0.25) is 0 Å². The molecule has 0 heterocycles. The van der Waals surface area contributed by atoms with Crippen LogP contribution in [0.1, 0.15) is 30.0 Å². The Morgan fingerprint density at radius 3 is 2.29 bits per heavy atom. The van der Waals surface area contributed by atoms with E-state index in [4.69, 9.17) is 5.73 Å². The van der Waals surface area contributed by atoms with E-state index in [9.17, 15) is 17.6 Å². The van der Waals surface area contributed by atoms with Crippen molar-refractivity contribution in [1.82, 2.24) is 0 Å². The highest BCUT2D eigenvalue weighted by Gasteiger charge is 2.38. The van der Waals surface area contributed by atoms with Crippen molar-refractivity contribution >= 4 is 12.4 Å². The topological polar surface area (TPSA) is 26.0 Å². The van der Waals surface area contributed by atoms with E-state index in [2.05, 4.69) is 0 Å². The largest absolute Gasteiger partial charge is 0.416 e. The minimum Gasteiger partial charge on any atom is -0.324 e. The number of nitrogens with two attached hydrogens (primary N) is 1. The maximum atomic E-state index is 13.0. The number of hydrogen-bond donors (Lipinski definition) is 1. The summed E-state index contributed by atoms with van der Waals surface area (Å²) in [5.74, 6) is -0.623. The maximum Gasteiger partial charge on any atom is 0.416 e. The van der Waals surface area contributed by atoms with Crippen LogP contribution >= 0.6 is 12.4 Å². The van der Waals surface area contributed by atoms with Gasteiger partial charge in [-0.3, -0.25) is 0 Å². The Balaban J connectivity index is 0.00000144. The lowest BCUT2D eigenvalue weighted by atomic mass is 9.97. The van der Waals surface area contributed by atoms with Crippen LogP contribution in [0.3, 0.4) is 0 Å². The molecule has 1 aliphatic rings. The Bertz CT molecular complexity index is 401. The molecule has 2 N–H and O–H groups in total. The first-order valence-corrected chi connectivity index (χ1v) is 5.02. The first-order valence-electron chi connectivity index (χ1n) is 5.02. The van der Waals surface area contributed by atoms with Crippen LogP contribution in [0.5, 0.6) is 0 Å². The number of rotatable bonds is 2. The summed E-state index contributed by atoms with van der Waals surface area (Å²) in [4.78, 5) is 0. The van der Waals surface area contributed by atoms with Crippen molar-refractivity contribution in [3.05, 3.63) is 35.1 Å². The Kier molecular flexibility index (Phi) is 4.04. The fourth-order valence-electron chi connectivity index (χ4n) is 1.78. The number of hydrogen-bond acceptors (Lipinski definition) is 1. The van der Waals surface area contributed by atoms with E-state index < -0.39 is 23.6 Å². The van der Waals surface area contributed by atoms with Crippen LogP contribution in [-0.2, 0) is 6.18 Å². The van der Waals surface area contributed by atoms with E-state index in [0.29, 0.717) is 0 Å². The fraction of sp³-hybridized carbons (Fsp3) is 0.455. The molecule has 1 atom stereocenters. The molecule has 17 heavy (non-hydrogen) atoms. The van der Waals surface area contributed by atoms with Gasteiger partial charge in [-0.15, -0.1) is 12.4 Å². The highest BCUT2D eigenvalue weighted by atomic mass is 35.5. The lowest BCUT2D eigenvalue weighted by Crippen LogP contribution is -2.19. The monoisotopic (exact) mass is 269 g/mol. The zero-order valence-corrected chi connectivity index (χ0v) is 9.61. The molecule has 0 radical (unpaired) electrons. The normalized spacial score (nSPS) is 17.5.